The van der Waals surface area contributed by atoms with Crippen LogP contribution in [0.25, 0.3) is 0 Å². The molecule has 0 aliphatic carbocycles. The van der Waals surface area contributed by atoms with E-state index in [4.69, 9.17) is 4.74 Å². The average molecular weight is 419 g/mol. The molecule has 1 N–H and O–H groups in total. The number of rotatable bonds is 7. The molecule has 1 atom stereocenters. The van der Waals surface area contributed by atoms with Crippen molar-refractivity contribution in [3.8, 4) is 5.75 Å². The lowest BCUT2D eigenvalue weighted by atomic mass is 10.3. The summed E-state index contributed by atoms with van der Waals surface area (Å²) < 4.78 is 32.0. The average Bonchev–Trinajstić information content (AvgIpc) is 3.24. The standard InChI is InChI=1S/C19H21N3O6S/c1-14(28-17-6-4-5-16(13-17)22(24)25)19(23)20-15-7-9-18(10-8-15)29(26,27)21-11-2-3-12-21/h4-10,13-14H,2-3,11-12H2,1H3,(H,20,23)/t14-/m0/s1. The number of sulfonamides is 1. The largest absolute Gasteiger partial charge is 0.481 e. The topological polar surface area (TPSA) is 119 Å². The van der Waals surface area contributed by atoms with Crippen molar-refractivity contribution in [1.82, 2.24) is 4.31 Å². The van der Waals surface area contributed by atoms with Gasteiger partial charge in [0.1, 0.15) is 5.75 Å². The van der Waals surface area contributed by atoms with Crippen LogP contribution in [0.5, 0.6) is 5.75 Å². The number of hydrogen-bond donors (Lipinski definition) is 1. The van der Waals surface area contributed by atoms with E-state index in [1.165, 1.54) is 59.8 Å². The van der Waals surface area contributed by atoms with E-state index in [2.05, 4.69) is 5.32 Å². The number of nitrogens with zero attached hydrogens (tertiary/aromatic N) is 2. The zero-order valence-electron chi connectivity index (χ0n) is 15.8. The van der Waals surface area contributed by atoms with Crippen LogP contribution in [0.2, 0.25) is 0 Å². The molecule has 2 aromatic carbocycles. The molecular weight excluding hydrogens is 398 g/mol. The van der Waals surface area contributed by atoms with Crippen LogP contribution in [0.3, 0.4) is 0 Å². The third-order valence-corrected chi connectivity index (χ3v) is 6.45. The molecule has 29 heavy (non-hydrogen) atoms. The van der Waals surface area contributed by atoms with Gasteiger partial charge in [0.25, 0.3) is 11.6 Å². The number of ether oxygens (including phenoxy) is 1. The van der Waals surface area contributed by atoms with Gasteiger partial charge in [-0.3, -0.25) is 14.9 Å². The molecule has 9 nitrogen and oxygen atoms in total. The Bertz CT molecular complexity index is 1000. The lowest BCUT2D eigenvalue weighted by Gasteiger charge is -2.16. The molecule has 0 radical (unpaired) electrons. The Morgan fingerprint density at radius 1 is 1.17 bits per heavy atom. The Morgan fingerprint density at radius 3 is 2.45 bits per heavy atom. The lowest BCUT2D eigenvalue weighted by Crippen LogP contribution is -2.30. The maximum absolute atomic E-state index is 12.5. The number of hydrogen-bond acceptors (Lipinski definition) is 6. The molecule has 154 valence electrons. The second-order valence-corrected chi connectivity index (χ2v) is 8.58. The summed E-state index contributed by atoms with van der Waals surface area (Å²) >= 11 is 0. The number of benzene rings is 2. The fourth-order valence-corrected chi connectivity index (χ4v) is 4.48. The van der Waals surface area contributed by atoms with Crippen molar-refractivity contribution in [1.29, 1.82) is 0 Å². The Balaban J connectivity index is 1.63. The molecule has 2 aromatic rings. The smallest absolute Gasteiger partial charge is 0.273 e. The summed E-state index contributed by atoms with van der Waals surface area (Å²) in [6.07, 6.45) is 0.802. The van der Waals surface area contributed by atoms with Crippen molar-refractivity contribution in [2.45, 2.75) is 30.8 Å². The quantitative estimate of drug-likeness (QED) is 0.544. The number of carbonyl (C=O) groups is 1. The highest BCUT2D eigenvalue weighted by Crippen LogP contribution is 2.23. The minimum absolute atomic E-state index is 0.134. The van der Waals surface area contributed by atoms with Gasteiger partial charge in [-0.1, -0.05) is 6.07 Å². The predicted molar refractivity (Wildman–Crippen MR) is 106 cm³/mol. The minimum Gasteiger partial charge on any atom is -0.481 e. The van der Waals surface area contributed by atoms with Crippen LogP contribution in [-0.4, -0.2) is 42.7 Å². The van der Waals surface area contributed by atoms with E-state index in [0.29, 0.717) is 18.8 Å². The number of non-ortho nitro benzene ring substituents is 1. The Kier molecular flexibility index (Phi) is 6.14. The summed E-state index contributed by atoms with van der Waals surface area (Å²) in [6.45, 7) is 2.56. The summed E-state index contributed by atoms with van der Waals surface area (Å²) in [5.74, 6) is -0.263. The van der Waals surface area contributed by atoms with Gasteiger partial charge < -0.3 is 10.1 Å². The second-order valence-electron chi connectivity index (χ2n) is 6.64. The first-order valence-electron chi connectivity index (χ1n) is 9.09. The van der Waals surface area contributed by atoms with E-state index >= 15 is 0 Å². The van der Waals surface area contributed by atoms with Crippen molar-refractivity contribution in [2.24, 2.45) is 0 Å². The van der Waals surface area contributed by atoms with Gasteiger partial charge in [-0.05, 0) is 50.1 Å². The normalized spacial score (nSPS) is 15.6. The molecule has 1 amide bonds. The molecule has 1 fully saturated rings. The van der Waals surface area contributed by atoms with Crippen molar-refractivity contribution in [3.05, 3.63) is 58.6 Å². The van der Waals surface area contributed by atoms with Gasteiger partial charge in [-0.25, -0.2) is 8.42 Å². The molecule has 1 aliphatic heterocycles. The van der Waals surface area contributed by atoms with E-state index < -0.39 is 27.0 Å². The molecule has 10 heteroatoms. The first-order chi connectivity index (χ1) is 13.8. The lowest BCUT2D eigenvalue weighted by molar-refractivity contribution is -0.384. The molecule has 1 heterocycles. The summed E-state index contributed by atoms with van der Waals surface area (Å²) in [7, 11) is -3.51. The third-order valence-electron chi connectivity index (χ3n) is 4.54. The van der Waals surface area contributed by atoms with E-state index in [0.717, 1.165) is 12.8 Å². The van der Waals surface area contributed by atoms with Crippen LogP contribution in [-0.2, 0) is 14.8 Å². The molecular formula is C19H21N3O6S. The first kappa shape index (κ1) is 20.7. The van der Waals surface area contributed by atoms with Gasteiger partial charge in [0.2, 0.25) is 10.0 Å². The Labute approximate surface area is 168 Å². The van der Waals surface area contributed by atoms with Crippen molar-refractivity contribution in [2.75, 3.05) is 18.4 Å². The Morgan fingerprint density at radius 2 is 1.83 bits per heavy atom. The van der Waals surface area contributed by atoms with Crippen molar-refractivity contribution >= 4 is 27.3 Å². The van der Waals surface area contributed by atoms with E-state index in [1.54, 1.807) is 0 Å². The van der Waals surface area contributed by atoms with Gasteiger partial charge in [0.05, 0.1) is 15.9 Å². The number of nitrogens with one attached hydrogen (secondary N) is 1. The van der Waals surface area contributed by atoms with Crippen LogP contribution in [0, 0.1) is 10.1 Å². The summed E-state index contributed by atoms with van der Waals surface area (Å²) in [4.78, 5) is 22.8. The van der Waals surface area contributed by atoms with Gasteiger partial charge >= 0.3 is 0 Å². The SMILES string of the molecule is C[C@H](Oc1cccc([N+](=O)[O-])c1)C(=O)Nc1ccc(S(=O)(=O)N2CCCC2)cc1. The van der Waals surface area contributed by atoms with E-state index in [1.807, 2.05) is 0 Å². The zero-order chi connectivity index (χ0) is 21.0. The zero-order valence-corrected chi connectivity index (χ0v) is 16.6. The van der Waals surface area contributed by atoms with Gasteiger partial charge in [-0.15, -0.1) is 0 Å². The molecule has 0 saturated carbocycles. The van der Waals surface area contributed by atoms with Crippen LogP contribution in [0.4, 0.5) is 11.4 Å². The van der Waals surface area contributed by atoms with Crippen LogP contribution < -0.4 is 10.1 Å². The predicted octanol–water partition coefficient (Wildman–Crippen LogP) is 2.79. The summed E-state index contributed by atoms with van der Waals surface area (Å²) in [5.41, 5.74) is 0.287. The first-order valence-corrected chi connectivity index (χ1v) is 10.5. The number of nitro benzene ring substituents is 1. The van der Waals surface area contributed by atoms with Gasteiger partial charge in [-0.2, -0.15) is 4.31 Å². The molecule has 0 spiro atoms. The minimum atomic E-state index is -3.51. The molecule has 0 aromatic heterocycles. The molecule has 3 rings (SSSR count). The molecule has 1 aliphatic rings. The number of nitro groups is 1. The fraction of sp³-hybridized carbons (Fsp3) is 0.316. The van der Waals surface area contributed by atoms with Crippen molar-refractivity contribution in [3.63, 3.8) is 0 Å². The Hall–Kier alpha value is -2.98. The van der Waals surface area contributed by atoms with Crippen LogP contribution in [0.1, 0.15) is 19.8 Å². The maximum Gasteiger partial charge on any atom is 0.273 e. The van der Waals surface area contributed by atoms with E-state index in [-0.39, 0.29) is 16.3 Å². The van der Waals surface area contributed by atoms with Gasteiger partial charge in [0.15, 0.2) is 6.10 Å². The second kappa shape index (κ2) is 8.58. The summed E-state index contributed by atoms with van der Waals surface area (Å²) in [5, 5.41) is 13.5. The number of carbonyl (C=O) groups excluding carboxylic acids is 1. The maximum atomic E-state index is 12.5. The van der Waals surface area contributed by atoms with E-state index in [9.17, 15) is 23.3 Å². The third kappa shape index (κ3) is 4.90. The molecule has 0 unspecified atom stereocenters. The monoisotopic (exact) mass is 419 g/mol. The molecule has 1 saturated heterocycles. The highest BCUT2D eigenvalue weighted by atomic mass is 32.2. The number of amides is 1. The highest BCUT2D eigenvalue weighted by Gasteiger charge is 2.27. The molecule has 0 bridgehead atoms. The van der Waals surface area contributed by atoms with Crippen LogP contribution in [0.15, 0.2) is 53.4 Å². The van der Waals surface area contributed by atoms with Crippen LogP contribution >= 0.6 is 0 Å². The highest BCUT2D eigenvalue weighted by molar-refractivity contribution is 7.89. The van der Waals surface area contributed by atoms with Crippen molar-refractivity contribution < 1.29 is 22.9 Å². The fourth-order valence-electron chi connectivity index (χ4n) is 2.96. The number of anilines is 1. The summed E-state index contributed by atoms with van der Waals surface area (Å²) in [6, 6.07) is 11.5. The van der Waals surface area contributed by atoms with Gasteiger partial charge in [0, 0.05) is 24.8 Å².